The van der Waals surface area contributed by atoms with E-state index < -0.39 is 47.6 Å². The van der Waals surface area contributed by atoms with E-state index in [0.717, 1.165) is 23.3 Å². The number of hydrogen-bond acceptors (Lipinski definition) is 7. The largest absolute Gasteiger partial charge is 0.489 e. The van der Waals surface area contributed by atoms with Crippen LogP contribution in [0.1, 0.15) is 72.4 Å². The van der Waals surface area contributed by atoms with Crippen molar-refractivity contribution in [1.29, 1.82) is 0 Å². The highest BCUT2D eigenvalue weighted by Crippen LogP contribution is 2.29. The molecule has 0 fully saturated rings. The fourth-order valence-electron chi connectivity index (χ4n) is 5.96. The lowest BCUT2D eigenvalue weighted by molar-refractivity contribution is -0.137. The highest BCUT2D eigenvalue weighted by atomic mass is 19.4. The lowest BCUT2D eigenvalue weighted by Gasteiger charge is -2.26. The second-order valence-electron chi connectivity index (χ2n) is 13.6. The van der Waals surface area contributed by atoms with E-state index in [-0.39, 0.29) is 31.9 Å². The van der Waals surface area contributed by atoms with Gasteiger partial charge >= 0.3 is 6.18 Å². The molecule has 0 aliphatic heterocycles. The van der Waals surface area contributed by atoms with Crippen LogP contribution in [0.3, 0.4) is 0 Å². The number of alkyl halides is 3. The molecule has 0 saturated heterocycles. The Morgan fingerprint density at radius 1 is 0.596 bits per heavy atom. The molecule has 14 heteroatoms. The summed E-state index contributed by atoms with van der Waals surface area (Å²) in [7, 11) is 0. The molecule has 4 aromatic carbocycles. The molecule has 0 aromatic heterocycles. The van der Waals surface area contributed by atoms with Gasteiger partial charge in [-0.2, -0.15) is 13.2 Å². The molecule has 4 aromatic rings. The minimum atomic E-state index is -4.42. The average molecular weight is 789 g/mol. The molecule has 4 rings (SSSR count). The molecular formula is C43H51F3N6O5. The lowest BCUT2D eigenvalue weighted by Crippen LogP contribution is -2.55. The van der Waals surface area contributed by atoms with Gasteiger partial charge in [0.05, 0.1) is 12.0 Å². The van der Waals surface area contributed by atoms with Crippen molar-refractivity contribution < 1.29 is 37.1 Å². The van der Waals surface area contributed by atoms with Gasteiger partial charge in [0.25, 0.3) is 0 Å². The molecule has 8 N–H and O–H groups in total. The van der Waals surface area contributed by atoms with Crippen LogP contribution in [0.4, 0.5) is 13.2 Å². The molecule has 0 saturated carbocycles. The molecular weight excluding hydrogens is 738 g/mol. The second kappa shape index (κ2) is 22.7. The van der Waals surface area contributed by atoms with Crippen LogP contribution in [-0.2, 0) is 44.9 Å². The van der Waals surface area contributed by atoms with Crippen molar-refractivity contribution in [2.24, 2.45) is 11.5 Å². The molecule has 0 radical (unpaired) electrons. The summed E-state index contributed by atoms with van der Waals surface area (Å²) < 4.78 is 44.3. The quantitative estimate of drug-likeness (QED) is 0.0591. The van der Waals surface area contributed by atoms with E-state index in [4.69, 9.17) is 16.2 Å². The number of nitrogens with one attached hydrogen (secondary N) is 4. The Labute approximate surface area is 331 Å². The van der Waals surface area contributed by atoms with Crippen LogP contribution in [0.15, 0.2) is 109 Å². The molecule has 0 spiro atoms. The summed E-state index contributed by atoms with van der Waals surface area (Å²) in [5.41, 5.74) is 13.3. The molecule has 11 nitrogen and oxygen atoms in total. The number of amides is 4. The van der Waals surface area contributed by atoms with Crippen LogP contribution in [0, 0.1) is 0 Å². The predicted molar refractivity (Wildman–Crippen MR) is 211 cm³/mol. The third kappa shape index (κ3) is 15.0. The first-order valence-corrected chi connectivity index (χ1v) is 19.0. The van der Waals surface area contributed by atoms with Crippen molar-refractivity contribution in [3.05, 3.63) is 137 Å². The van der Waals surface area contributed by atoms with Crippen LogP contribution in [0.2, 0.25) is 0 Å². The Morgan fingerprint density at radius 3 is 1.72 bits per heavy atom. The Hall–Kier alpha value is -5.73. The van der Waals surface area contributed by atoms with Crippen LogP contribution < -0.4 is 37.5 Å². The number of ether oxygens (including phenoxy) is 1. The van der Waals surface area contributed by atoms with E-state index in [1.807, 2.05) is 30.3 Å². The van der Waals surface area contributed by atoms with Crippen LogP contribution in [0.25, 0.3) is 0 Å². The van der Waals surface area contributed by atoms with Gasteiger partial charge in [0.1, 0.15) is 30.5 Å². The number of rotatable bonds is 22. The summed E-state index contributed by atoms with van der Waals surface area (Å²) >= 11 is 0. The zero-order chi connectivity index (χ0) is 41.0. The Balaban J connectivity index is 1.41. The Bertz CT molecular complexity index is 1850. The average Bonchev–Trinajstić information content (AvgIpc) is 3.21. The number of halogens is 3. The fraction of sp³-hybridized carbons (Fsp3) is 0.349. The van der Waals surface area contributed by atoms with Gasteiger partial charge in [0.2, 0.25) is 23.6 Å². The van der Waals surface area contributed by atoms with Gasteiger partial charge in [-0.05, 0) is 98.1 Å². The molecule has 0 unspecified atom stereocenters. The van der Waals surface area contributed by atoms with Crippen LogP contribution in [0.5, 0.6) is 5.75 Å². The topological polar surface area (TPSA) is 178 Å². The molecule has 304 valence electrons. The number of carbonyl (C=O) groups excluding carboxylic acids is 4. The van der Waals surface area contributed by atoms with Gasteiger partial charge in [0.15, 0.2) is 0 Å². The number of nitrogens with two attached hydrogens (primary N) is 2. The van der Waals surface area contributed by atoms with Gasteiger partial charge in [-0.15, -0.1) is 0 Å². The zero-order valence-corrected chi connectivity index (χ0v) is 31.7. The fourth-order valence-corrected chi connectivity index (χ4v) is 5.96. The van der Waals surface area contributed by atoms with E-state index in [2.05, 4.69) is 21.3 Å². The number of carbonyl (C=O) groups is 4. The van der Waals surface area contributed by atoms with Crippen molar-refractivity contribution in [3.63, 3.8) is 0 Å². The maximum Gasteiger partial charge on any atom is 0.416 e. The smallest absolute Gasteiger partial charge is 0.416 e. The highest BCUT2D eigenvalue weighted by Gasteiger charge is 2.31. The van der Waals surface area contributed by atoms with Gasteiger partial charge in [0, 0.05) is 6.54 Å². The second-order valence-corrected chi connectivity index (χ2v) is 13.6. The number of benzene rings is 4. The van der Waals surface area contributed by atoms with Crippen molar-refractivity contribution in [2.45, 2.75) is 82.4 Å². The van der Waals surface area contributed by atoms with E-state index >= 15 is 0 Å². The third-order valence-corrected chi connectivity index (χ3v) is 9.14. The maximum absolute atomic E-state index is 13.9. The SMILES string of the molecule is NCCCC[C@H](NC(=O)Cc1ccccc1)C(=O)N[C@@H](CCCCN)C(=O)N[C@H](C(=O)NCc1ccc(OCc2ccc(C(F)(F)F)cc2)cc1)c1ccccc1. The zero-order valence-electron chi connectivity index (χ0n) is 31.7. The van der Waals surface area contributed by atoms with Crippen molar-refractivity contribution in [1.82, 2.24) is 21.3 Å². The summed E-state index contributed by atoms with van der Waals surface area (Å²) in [6.07, 6.45) is -1.40. The summed E-state index contributed by atoms with van der Waals surface area (Å²) in [6, 6.07) is 26.4. The molecule has 0 bridgehead atoms. The van der Waals surface area contributed by atoms with Crippen molar-refractivity contribution in [3.8, 4) is 5.75 Å². The van der Waals surface area contributed by atoms with Gasteiger partial charge in [-0.1, -0.05) is 84.9 Å². The minimum absolute atomic E-state index is 0.0676. The molecule has 3 atom stereocenters. The first-order chi connectivity index (χ1) is 27.5. The van der Waals surface area contributed by atoms with Crippen LogP contribution >= 0.6 is 0 Å². The number of hydrogen-bond donors (Lipinski definition) is 6. The van der Waals surface area contributed by atoms with Crippen LogP contribution in [-0.4, -0.2) is 48.8 Å². The lowest BCUT2D eigenvalue weighted by atomic mass is 10.0. The van der Waals surface area contributed by atoms with Crippen molar-refractivity contribution >= 4 is 23.6 Å². The predicted octanol–water partition coefficient (Wildman–Crippen LogP) is 5.23. The summed E-state index contributed by atoms with van der Waals surface area (Å²) in [6.45, 7) is 0.994. The normalized spacial score (nSPS) is 12.8. The minimum Gasteiger partial charge on any atom is -0.489 e. The molecule has 57 heavy (non-hydrogen) atoms. The highest BCUT2D eigenvalue weighted by molar-refractivity contribution is 5.94. The van der Waals surface area contributed by atoms with E-state index in [1.165, 1.54) is 12.1 Å². The first-order valence-electron chi connectivity index (χ1n) is 19.0. The van der Waals surface area contributed by atoms with Crippen molar-refractivity contribution in [2.75, 3.05) is 13.1 Å². The Morgan fingerprint density at radius 2 is 1.14 bits per heavy atom. The Kier molecular flexibility index (Phi) is 17.5. The van der Waals surface area contributed by atoms with E-state index in [1.54, 1.807) is 54.6 Å². The first kappa shape index (κ1) is 44.0. The van der Waals surface area contributed by atoms with E-state index in [9.17, 15) is 32.3 Å². The molecule has 0 aliphatic rings. The van der Waals surface area contributed by atoms with Gasteiger partial charge < -0.3 is 37.5 Å². The summed E-state index contributed by atoms with van der Waals surface area (Å²) in [5.74, 6) is -1.43. The van der Waals surface area contributed by atoms with Gasteiger partial charge in [-0.3, -0.25) is 19.2 Å². The standard InChI is InChI=1S/C43H51F3N6O5/c44-43(45,46)34-21-17-32(18-22-34)29-57-35-23-19-31(20-24-35)28-49-42(56)39(33-13-5-2-6-14-33)52-41(55)37(16-8-10-26-48)51-40(54)36(15-7-9-25-47)50-38(53)27-30-11-3-1-4-12-30/h1-6,11-14,17-24,36-37,39H,7-10,15-16,25-29,47-48H2,(H,49,56)(H,50,53)(H,51,54)(H,52,55)/t36-,37-,39-/m0/s1. The molecule has 0 aliphatic carbocycles. The van der Waals surface area contributed by atoms with Gasteiger partial charge in [-0.25, -0.2) is 0 Å². The number of unbranched alkanes of at least 4 members (excludes halogenated alkanes) is 2. The molecule has 4 amide bonds. The maximum atomic E-state index is 13.9. The summed E-state index contributed by atoms with van der Waals surface area (Å²) in [4.78, 5) is 54.3. The van der Waals surface area contributed by atoms with E-state index in [0.29, 0.717) is 62.1 Å². The summed E-state index contributed by atoms with van der Waals surface area (Å²) in [5, 5.41) is 11.4. The monoisotopic (exact) mass is 788 g/mol. The molecule has 0 heterocycles. The third-order valence-electron chi connectivity index (χ3n) is 9.14.